The highest BCUT2D eigenvalue weighted by Crippen LogP contribution is 2.18. The van der Waals surface area contributed by atoms with Crippen LogP contribution in [0.4, 0.5) is 0 Å². The third kappa shape index (κ3) is 3.30. The smallest absolute Gasteiger partial charge is 0.396 e. The van der Waals surface area contributed by atoms with Gasteiger partial charge in [0.2, 0.25) is 0 Å². The van der Waals surface area contributed by atoms with Crippen LogP contribution >= 0.6 is 11.3 Å². The van der Waals surface area contributed by atoms with Crippen LogP contribution in [-0.4, -0.2) is 23.5 Å². The fourth-order valence-electron chi connectivity index (χ4n) is 1.09. The van der Waals surface area contributed by atoms with E-state index in [0.29, 0.717) is 0 Å². The van der Waals surface area contributed by atoms with Crippen LogP contribution in [0.25, 0.3) is 0 Å². The number of hydrogen-bond acceptors (Lipinski definition) is 5. The molecule has 88 valence electrons. The number of nitrogens with zero attached hydrogens (tertiary/aromatic N) is 1. The van der Waals surface area contributed by atoms with Gasteiger partial charge in [0.15, 0.2) is 0 Å². The molecule has 1 aromatic rings. The van der Waals surface area contributed by atoms with Crippen molar-refractivity contribution in [1.82, 2.24) is 10.3 Å². The maximum Gasteiger partial charge on any atom is 0.396 e. The van der Waals surface area contributed by atoms with Crippen LogP contribution in [0.5, 0.6) is 0 Å². The summed E-state index contributed by atoms with van der Waals surface area (Å²) in [5.74, 6) is -1.59. The van der Waals surface area contributed by atoms with Crippen molar-refractivity contribution in [2.45, 2.75) is 26.8 Å². The Hall–Kier alpha value is -1.43. The lowest BCUT2D eigenvalue weighted by molar-refractivity contribution is -0.154. The van der Waals surface area contributed by atoms with Gasteiger partial charge in [-0.1, -0.05) is 0 Å². The Morgan fingerprint density at radius 1 is 1.62 bits per heavy atom. The minimum atomic E-state index is -0.859. The minimum Gasteiger partial charge on any atom is -0.459 e. The van der Waals surface area contributed by atoms with E-state index in [1.54, 1.807) is 20.0 Å². The summed E-state index contributed by atoms with van der Waals surface area (Å²) in [5.41, 5.74) is 0. The number of carbonyl (C=O) groups is 2. The van der Waals surface area contributed by atoms with Crippen LogP contribution in [0.1, 0.15) is 29.8 Å². The van der Waals surface area contributed by atoms with Crippen molar-refractivity contribution in [3.05, 3.63) is 16.1 Å². The zero-order valence-electron chi connectivity index (χ0n) is 9.44. The molecule has 0 aliphatic carbocycles. The maximum absolute atomic E-state index is 11.3. The van der Waals surface area contributed by atoms with E-state index in [9.17, 15) is 9.59 Å². The molecule has 0 radical (unpaired) electrons. The van der Waals surface area contributed by atoms with Gasteiger partial charge in [0.25, 0.3) is 0 Å². The normalized spacial score (nSPS) is 11.9. The molecule has 1 rings (SSSR count). The number of thiazole rings is 1. The molecule has 1 aromatic heterocycles. The lowest BCUT2D eigenvalue weighted by Crippen LogP contribution is -2.34. The van der Waals surface area contributed by atoms with Gasteiger partial charge in [0.05, 0.1) is 12.6 Å². The number of ether oxygens (including phenoxy) is 1. The van der Waals surface area contributed by atoms with Crippen LogP contribution in [-0.2, 0) is 14.3 Å². The van der Waals surface area contributed by atoms with Crippen molar-refractivity contribution < 1.29 is 14.3 Å². The quantitative estimate of drug-likeness (QED) is 0.638. The molecule has 16 heavy (non-hydrogen) atoms. The van der Waals surface area contributed by atoms with Crippen molar-refractivity contribution in [3.63, 3.8) is 0 Å². The van der Waals surface area contributed by atoms with Crippen LogP contribution in [0.3, 0.4) is 0 Å². The Kier molecular flexibility index (Phi) is 4.42. The number of esters is 1. The van der Waals surface area contributed by atoms with Crippen molar-refractivity contribution >= 4 is 23.2 Å². The van der Waals surface area contributed by atoms with Crippen molar-refractivity contribution in [1.29, 1.82) is 0 Å². The molecule has 1 heterocycles. The molecule has 1 amide bonds. The number of nitrogens with one attached hydrogen (secondary N) is 1. The number of rotatable bonds is 3. The maximum atomic E-state index is 11.3. The number of hydrogen-bond donors (Lipinski definition) is 1. The molecule has 0 saturated carbocycles. The summed E-state index contributed by atoms with van der Waals surface area (Å²) in [5, 5.41) is 3.30. The molecular formula is C10H14N2O3S. The summed E-state index contributed by atoms with van der Waals surface area (Å²) >= 11 is 1.48. The van der Waals surface area contributed by atoms with E-state index in [0.717, 1.165) is 9.88 Å². The summed E-state index contributed by atoms with van der Waals surface area (Å²) in [4.78, 5) is 27.6. The fourth-order valence-corrected chi connectivity index (χ4v) is 1.86. The first-order valence-corrected chi connectivity index (χ1v) is 5.76. The van der Waals surface area contributed by atoms with Crippen LogP contribution in [0.2, 0.25) is 0 Å². The number of amides is 1. The summed E-state index contributed by atoms with van der Waals surface area (Å²) in [6.45, 7) is 5.55. The highest BCUT2D eigenvalue weighted by molar-refractivity contribution is 7.11. The SMILES string of the molecule is CCOC(=O)C(=O)NC(C)c1ncc(C)s1. The molecule has 1 atom stereocenters. The van der Waals surface area contributed by atoms with E-state index in [4.69, 9.17) is 0 Å². The molecule has 0 aliphatic rings. The molecule has 0 fully saturated rings. The second kappa shape index (κ2) is 5.60. The Bertz CT molecular complexity index is 389. The molecular weight excluding hydrogens is 228 g/mol. The Balaban J connectivity index is 2.54. The first-order valence-electron chi connectivity index (χ1n) is 4.94. The van der Waals surface area contributed by atoms with E-state index in [1.165, 1.54) is 11.3 Å². The summed E-state index contributed by atoms with van der Waals surface area (Å²) in [7, 11) is 0. The highest BCUT2D eigenvalue weighted by atomic mass is 32.1. The molecule has 6 heteroatoms. The predicted octanol–water partition coefficient (Wildman–Crippen LogP) is 1.19. The molecule has 1 N–H and O–H groups in total. The number of aryl methyl sites for hydroxylation is 1. The largest absolute Gasteiger partial charge is 0.459 e. The lowest BCUT2D eigenvalue weighted by Gasteiger charge is -2.09. The summed E-state index contributed by atoms with van der Waals surface area (Å²) in [6, 6.07) is -0.282. The van der Waals surface area contributed by atoms with Gasteiger partial charge in [-0.15, -0.1) is 11.3 Å². The highest BCUT2D eigenvalue weighted by Gasteiger charge is 2.19. The van der Waals surface area contributed by atoms with Gasteiger partial charge in [0, 0.05) is 11.1 Å². The fraction of sp³-hybridized carbons (Fsp3) is 0.500. The van der Waals surface area contributed by atoms with Gasteiger partial charge in [-0.2, -0.15) is 0 Å². The minimum absolute atomic E-state index is 0.191. The third-order valence-electron chi connectivity index (χ3n) is 1.82. The van der Waals surface area contributed by atoms with Gasteiger partial charge < -0.3 is 10.1 Å². The van der Waals surface area contributed by atoms with Crippen molar-refractivity contribution in [2.75, 3.05) is 6.61 Å². The average Bonchev–Trinajstić information content (AvgIpc) is 2.65. The number of carbonyl (C=O) groups excluding carboxylic acids is 2. The lowest BCUT2D eigenvalue weighted by atomic mass is 10.3. The molecule has 0 aromatic carbocycles. The summed E-state index contributed by atoms with van der Waals surface area (Å²) in [6.07, 6.45) is 1.73. The van der Waals surface area contributed by atoms with Crippen molar-refractivity contribution in [2.24, 2.45) is 0 Å². The first kappa shape index (κ1) is 12.6. The summed E-state index contributed by atoms with van der Waals surface area (Å²) < 4.78 is 4.58. The van der Waals surface area contributed by atoms with Gasteiger partial charge in [0.1, 0.15) is 5.01 Å². The van der Waals surface area contributed by atoms with Gasteiger partial charge in [-0.25, -0.2) is 9.78 Å². The number of aromatic nitrogens is 1. The monoisotopic (exact) mass is 242 g/mol. The van der Waals surface area contributed by atoms with E-state index in [-0.39, 0.29) is 12.6 Å². The van der Waals surface area contributed by atoms with Crippen LogP contribution in [0, 0.1) is 6.92 Å². The predicted molar refractivity (Wildman–Crippen MR) is 60.0 cm³/mol. The van der Waals surface area contributed by atoms with Crippen LogP contribution < -0.4 is 5.32 Å². The topological polar surface area (TPSA) is 68.3 Å². The zero-order chi connectivity index (χ0) is 12.1. The van der Waals surface area contributed by atoms with Gasteiger partial charge in [-0.3, -0.25) is 4.79 Å². The van der Waals surface area contributed by atoms with Crippen molar-refractivity contribution in [3.8, 4) is 0 Å². The second-order valence-electron chi connectivity index (χ2n) is 3.22. The third-order valence-corrected chi connectivity index (χ3v) is 2.91. The van der Waals surface area contributed by atoms with E-state index < -0.39 is 11.9 Å². The molecule has 0 aliphatic heterocycles. The van der Waals surface area contributed by atoms with E-state index in [1.807, 2.05) is 6.92 Å². The zero-order valence-corrected chi connectivity index (χ0v) is 10.3. The second-order valence-corrected chi connectivity index (χ2v) is 4.49. The van der Waals surface area contributed by atoms with Gasteiger partial charge in [-0.05, 0) is 20.8 Å². The van der Waals surface area contributed by atoms with Gasteiger partial charge >= 0.3 is 11.9 Å². The Morgan fingerprint density at radius 2 is 2.31 bits per heavy atom. The molecule has 1 unspecified atom stereocenters. The van der Waals surface area contributed by atoms with E-state index >= 15 is 0 Å². The van der Waals surface area contributed by atoms with Crippen LogP contribution in [0.15, 0.2) is 6.20 Å². The first-order chi connectivity index (χ1) is 7.54. The molecule has 5 nitrogen and oxygen atoms in total. The molecule has 0 spiro atoms. The standard InChI is InChI=1S/C10H14N2O3S/c1-4-15-10(14)8(13)12-7(3)9-11-5-6(2)16-9/h5,7H,4H2,1-3H3,(H,12,13). The molecule has 0 bridgehead atoms. The Labute approximate surface area is 97.8 Å². The average molecular weight is 242 g/mol. The Morgan fingerprint density at radius 3 is 2.81 bits per heavy atom. The molecule has 0 saturated heterocycles. The van der Waals surface area contributed by atoms with E-state index in [2.05, 4.69) is 15.0 Å².